The minimum atomic E-state index is -0.0776. The molecule has 0 aromatic carbocycles. The van der Waals surface area contributed by atoms with Crippen molar-refractivity contribution in [2.75, 3.05) is 0 Å². The summed E-state index contributed by atoms with van der Waals surface area (Å²) in [4.78, 5) is 3.93. The van der Waals surface area contributed by atoms with Crippen LogP contribution in [0.4, 0.5) is 0 Å². The Morgan fingerprint density at radius 1 is 1.67 bits per heavy atom. The van der Waals surface area contributed by atoms with Crippen LogP contribution in [0, 0.1) is 0 Å². The van der Waals surface area contributed by atoms with E-state index < -0.39 is 0 Å². The van der Waals surface area contributed by atoms with Crippen molar-refractivity contribution < 1.29 is 0 Å². The Bertz CT molecular complexity index is 124. The van der Waals surface area contributed by atoms with Crippen molar-refractivity contribution in [1.29, 1.82) is 0 Å². The second kappa shape index (κ2) is 4.09. The highest BCUT2D eigenvalue weighted by Crippen LogP contribution is 1.96. The standard InChI is InChI=1S/C6H13N3/c1-3-9-6(4-7)5(2)8/h3-5H,7-8H2,1-2H3/b6-4-,9-3-. The predicted octanol–water partition coefficient (Wildman–Crippen LogP) is 0.224. The Hall–Kier alpha value is -0.830. The highest BCUT2D eigenvalue weighted by Gasteiger charge is 1.96. The van der Waals surface area contributed by atoms with E-state index in [0.717, 1.165) is 5.70 Å². The van der Waals surface area contributed by atoms with Crippen LogP contribution < -0.4 is 11.5 Å². The van der Waals surface area contributed by atoms with Crippen LogP contribution in [0.1, 0.15) is 13.8 Å². The summed E-state index contributed by atoms with van der Waals surface area (Å²) < 4.78 is 0. The summed E-state index contributed by atoms with van der Waals surface area (Å²) in [5, 5.41) is 0. The summed E-state index contributed by atoms with van der Waals surface area (Å²) in [6.45, 7) is 3.66. The van der Waals surface area contributed by atoms with E-state index in [0.29, 0.717) is 0 Å². The van der Waals surface area contributed by atoms with E-state index in [1.54, 1.807) is 6.21 Å². The summed E-state index contributed by atoms with van der Waals surface area (Å²) in [6, 6.07) is -0.0776. The van der Waals surface area contributed by atoms with Crippen molar-refractivity contribution in [3.63, 3.8) is 0 Å². The molecule has 0 saturated heterocycles. The first-order valence-electron chi connectivity index (χ1n) is 2.88. The summed E-state index contributed by atoms with van der Waals surface area (Å²) in [6.07, 6.45) is 3.09. The maximum Gasteiger partial charge on any atom is 0.0718 e. The zero-order chi connectivity index (χ0) is 7.28. The molecule has 4 N–H and O–H groups in total. The van der Waals surface area contributed by atoms with Gasteiger partial charge in [-0.25, -0.2) is 0 Å². The van der Waals surface area contributed by atoms with Crippen molar-refractivity contribution in [3.05, 3.63) is 11.9 Å². The monoisotopic (exact) mass is 127 g/mol. The van der Waals surface area contributed by atoms with Crippen LogP contribution >= 0.6 is 0 Å². The first-order valence-corrected chi connectivity index (χ1v) is 2.88. The molecule has 0 radical (unpaired) electrons. The molecule has 3 nitrogen and oxygen atoms in total. The Labute approximate surface area is 55.4 Å². The third-order valence-corrected chi connectivity index (χ3v) is 0.915. The van der Waals surface area contributed by atoms with Crippen LogP contribution in [0.5, 0.6) is 0 Å². The number of rotatable bonds is 2. The maximum atomic E-state index is 5.47. The van der Waals surface area contributed by atoms with E-state index in [9.17, 15) is 0 Å². The lowest BCUT2D eigenvalue weighted by atomic mass is 10.3. The van der Waals surface area contributed by atoms with Crippen LogP contribution in [0.25, 0.3) is 0 Å². The van der Waals surface area contributed by atoms with Gasteiger partial charge < -0.3 is 11.5 Å². The Morgan fingerprint density at radius 3 is 2.33 bits per heavy atom. The van der Waals surface area contributed by atoms with Gasteiger partial charge in [-0.05, 0) is 13.8 Å². The normalized spacial score (nSPS) is 16.6. The zero-order valence-electron chi connectivity index (χ0n) is 5.83. The van der Waals surface area contributed by atoms with E-state index >= 15 is 0 Å². The van der Waals surface area contributed by atoms with Gasteiger partial charge in [0.2, 0.25) is 0 Å². The molecule has 0 aliphatic heterocycles. The van der Waals surface area contributed by atoms with Crippen LogP contribution in [-0.4, -0.2) is 12.3 Å². The Morgan fingerprint density at radius 2 is 2.22 bits per heavy atom. The van der Waals surface area contributed by atoms with Crippen molar-refractivity contribution in [2.45, 2.75) is 19.9 Å². The zero-order valence-corrected chi connectivity index (χ0v) is 5.83. The van der Waals surface area contributed by atoms with E-state index in [-0.39, 0.29) is 6.04 Å². The molecular weight excluding hydrogens is 114 g/mol. The fourth-order valence-electron chi connectivity index (χ4n) is 0.461. The fraction of sp³-hybridized carbons (Fsp3) is 0.500. The number of nitrogens with two attached hydrogens (primary N) is 2. The average Bonchev–Trinajstić information content (AvgIpc) is 1.82. The number of hydrogen-bond donors (Lipinski definition) is 2. The van der Waals surface area contributed by atoms with Gasteiger partial charge in [0, 0.05) is 18.5 Å². The molecule has 0 saturated carbocycles. The highest BCUT2D eigenvalue weighted by atomic mass is 14.8. The molecule has 1 atom stereocenters. The van der Waals surface area contributed by atoms with Gasteiger partial charge in [0.15, 0.2) is 0 Å². The van der Waals surface area contributed by atoms with E-state index in [2.05, 4.69) is 4.99 Å². The molecule has 0 aliphatic rings. The molecule has 0 spiro atoms. The van der Waals surface area contributed by atoms with Crippen LogP contribution in [0.15, 0.2) is 16.9 Å². The van der Waals surface area contributed by atoms with Crippen molar-refractivity contribution >= 4 is 6.21 Å². The Kier molecular flexibility index (Phi) is 3.71. The van der Waals surface area contributed by atoms with Crippen molar-refractivity contribution in [3.8, 4) is 0 Å². The van der Waals surface area contributed by atoms with Gasteiger partial charge in [0.25, 0.3) is 0 Å². The fourth-order valence-corrected chi connectivity index (χ4v) is 0.461. The van der Waals surface area contributed by atoms with E-state index in [4.69, 9.17) is 11.5 Å². The quantitative estimate of drug-likeness (QED) is 0.521. The van der Waals surface area contributed by atoms with Gasteiger partial charge >= 0.3 is 0 Å². The van der Waals surface area contributed by atoms with Gasteiger partial charge in [-0.15, -0.1) is 0 Å². The smallest absolute Gasteiger partial charge is 0.0718 e. The molecule has 0 heterocycles. The average molecular weight is 127 g/mol. The molecule has 0 rings (SSSR count). The summed E-state index contributed by atoms with van der Waals surface area (Å²) in [7, 11) is 0. The van der Waals surface area contributed by atoms with Crippen LogP contribution in [0.2, 0.25) is 0 Å². The summed E-state index contributed by atoms with van der Waals surface area (Å²) in [5.41, 5.74) is 11.4. The van der Waals surface area contributed by atoms with Crippen molar-refractivity contribution in [1.82, 2.24) is 0 Å². The topological polar surface area (TPSA) is 64.4 Å². The minimum absolute atomic E-state index is 0.0776. The summed E-state index contributed by atoms with van der Waals surface area (Å²) in [5.74, 6) is 0. The maximum absolute atomic E-state index is 5.47. The lowest BCUT2D eigenvalue weighted by Gasteiger charge is -2.02. The van der Waals surface area contributed by atoms with Gasteiger partial charge in [-0.2, -0.15) is 0 Å². The lowest BCUT2D eigenvalue weighted by Crippen LogP contribution is -2.17. The third-order valence-electron chi connectivity index (χ3n) is 0.915. The van der Waals surface area contributed by atoms with Crippen LogP contribution in [-0.2, 0) is 0 Å². The highest BCUT2D eigenvalue weighted by molar-refractivity contribution is 5.55. The number of aliphatic imine (C=N–C) groups is 1. The molecule has 0 bridgehead atoms. The molecule has 0 fully saturated rings. The van der Waals surface area contributed by atoms with Gasteiger partial charge in [-0.3, -0.25) is 4.99 Å². The molecule has 0 amide bonds. The molecule has 0 aliphatic carbocycles. The van der Waals surface area contributed by atoms with Gasteiger partial charge in [-0.1, -0.05) is 0 Å². The largest absolute Gasteiger partial charge is 0.403 e. The van der Waals surface area contributed by atoms with Crippen LogP contribution in [0.3, 0.4) is 0 Å². The molecule has 0 aromatic heterocycles. The predicted molar refractivity (Wildman–Crippen MR) is 40.1 cm³/mol. The third kappa shape index (κ3) is 2.87. The first kappa shape index (κ1) is 8.17. The Balaban J connectivity index is 4.01. The van der Waals surface area contributed by atoms with Gasteiger partial charge in [0.05, 0.1) is 5.70 Å². The second-order valence-electron chi connectivity index (χ2n) is 1.77. The molecule has 52 valence electrons. The molecular formula is C6H13N3. The molecule has 3 heteroatoms. The van der Waals surface area contributed by atoms with Crippen molar-refractivity contribution in [2.24, 2.45) is 16.5 Å². The lowest BCUT2D eigenvalue weighted by molar-refractivity contribution is 0.844. The minimum Gasteiger partial charge on any atom is -0.403 e. The number of hydrogen-bond acceptors (Lipinski definition) is 3. The number of nitrogens with zero attached hydrogens (tertiary/aromatic N) is 1. The van der Waals surface area contributed by atoms with E-state index in [1.165, 1.54) is 6.20 Å². The van der Waals surface area contributed by atoms with E-state index in [1.807, 2.05) is 13.8 Å². The molecule has 0 aromatic rings. The second-order valence-corrected chi connectivity index (χ2v) is 1.77. The molecule has 9 heavy (non-hydrogen) atoms. The summed E-state index contributed by atoms with van der Waals surface area (Å²) >= 11 is 0. The molecule has 1 unspecified atom stereocenters. The first-order chi connectivity index (χ1) is 4.22. The van der Waals surface area contributed by atoms with Gasteiger partial charge in [0.1, 0.15) is 0 Å². The SMILES string of the molecule is C/C=N\C(=C/N)C(C)N.